The molecule has 1 rings (SSSR count). The maximum atomic E-state index is 4.72. The van der Waals surface area contributed by atoms with Gasteiger partial charge < -0.3 is 4.74 Å². The summed E-state index contributed by atoms with van der Waals surface area (Å²) < 4.78 is 4.72. The van der Waals surface area contributed by atoms with Gasteiger partial charge in [0.2, 0.25) is 0 Å². The zero-order chi connectivity index (χ0) is 5.11. The first-order chi connectivity index (χ1) is 3.43. The molecule has 0 heterocycles. The minimum Gasteiger partial charge on any atom is -0.495 e. The Morgan fingerprint density at radius 3 is 2.86 bits per heavy atom. The molecule has 0 unspecified atom stereocenters. The zero-order valence-electron chi connectivity index (χ0n) is 4.31. The van der Waals surface area contributed by atoms with E-state index < -0.39 is 0 Å². The summed E-state index contributed by atoms with van der Waals surface area (Å²) in [7, 11) is 3.30. The SMILES string of the molecule is [CH2]OC1=CCCC1. The second kappa shape index (κ2) is 2.01. The molecular formula is C6H9O. The van der Waals surface area contributed by atoms with Crippen molar-refractivity contribution in [3.63, 3.8) is 0 Å². The van der Waals surface area contributed by atoms with Crippen molar-refractivity contribution in [1.82, 2.24) is 0 Å². The maximum absolute atomic E-state index is 4.72. The van der Waals surface area contributed by atoms with Crippen molar-refractivity contribution >= 4 is 0 Å². The fraction of sp³-hybridized carbons (Fsp3) is 0.500. The van der Waals surface area contributed by atoms with E-state index in [0.29, 0.717) is 0 Å². The Labute approximate surface area is 44.0 Å². The van der Waals surface area contributed by atoms with E-state index in [-0.39, 0.29) is 0 Å². The molecule has 0 aromatic rings. The van der Waals surface area contributed by atoms with Gasteiger partial charge in [-0.1, -0.05) is 0 Å². The van der Waals surface area contributed by atoms with E-state index in [1.807, 2.05) is 0 Å². The van der Waals surface area contributed by atoms with Gasteiger partial charge in [0.1, 0.15) is 7.11 Å². The first-order valence-electron chi connectivity index (χ1n) is 2.54. The van der Waals surface area contributed by atoms with Gasteiger partial charge in [0.05, 0.1) is 5.76 Å². The monoisotopic (exact) mass is 97.1 g/mol. The molecule has 0 bridgehead atoms. The van der Waals surface area contributed by atoms with Crippen LogP contribution in [0.5, 0.6) is 0 Å². The van der Waals surface area contributed by atoms with Crippen molar-refractivity contribution < 1.29 is 4.74 Å². The van der Waals surface area contributed by atoms with E-state index in [9.17, 15) is 0 Å². The third-order valence-electron chi connectivity index (χ3n) is 1.18. The van der Waals surface area contributed by atoms with Crippen molar-refractivity contribution in [2.24, 2.45) is 0 Å². The molecule has 0 atom stereocenters. The van der Waals surface area contributed by atoms with Gasteiger partial charge >= 0.3 is 0 Å². The molecule has 0 aromatic carbocycles. The molecule has 1 radical (unpaired) electrons. The third kappa shape index (κ3) is 0.952. The van der Waals surface area contributed by atoms with E-state index in [1.54, 1.807) is 0 Å². The topological polar surface area (TPSA) is 9.23 Å². The van der Waals surface area contributed by atoms with Crippen molar-refractivity contribution in [1.29, 1.82) is 0 Å². The first-order valence-corrected chi connectivity index (χ1v) is 2.54. The van der Waals surface area contributed by atoms with E-state index in [1.165, 1.54) is 12.8 Å². The lowest BCUT2D eigenvalue weighted by molar-refractivity contribution is 0.332. The van der Waals surface area contributed by atoms with Crippen molar-refractivity contribution in [2.45, 2.75) is 19.3 Å². The smallest absolute Gasteiger partial charge is 0.122 e. The van der Waals surface area contributed by atoms with Gasteiger partial charge in [0.25, 0.3) is 0 Å². The summed E-state index contributed by atoms with van der Waals surface area (Å²) in [5.74, 6) is 1.06. The highest BCUT2D eigenvalue weighted by molar-refractivity contribution is 4.98. The van der Waals surface area contributed by atoms with Crippen LogP contribution in [0.2, 0.25) is 0 Å². The van der Waals surface area contributed by atoms with Gasteiger partial charge in [-0.25, -0.2) is 0 Å². The Kier molecular flexibility index (Phi) is 1.35. The van der Waals surface area contributed by atoms with Gasteiger partial charge in [-0.3, -0.25) is 0 Å². The van der Waals surface area contributed by atoms with Crippen LogP contribution < -0.4 is 0 Å². The third-order valence-corrected chi connectivity index (χ3v) is 1.18. The number of hydrogen-bond donors (Lipinski definition) is 0. The minimum atomic E-state index is 1.06. The molecule has 0 aliphatic heterocycles. The fourth-order valence-electron chi connectivity index (χ4n) is 0.772. The summed E-state index contributed by atoms with van der Waals surface area (Å²) in [5.41, 5.74) is 0. The molecule has 1 nitrogen and oxygen atoms in total. The summed E-state index contributed by atoms with van der Waals surface area (Å²) >= 11 is 0. The largest absolute Gasteiger partial charge is 0.495 e. The highest BCUT2D eigenvalue weighted by Crippen LogP contribution is 2.17. The molecule has 1 aliphatic carbocycles. The molecule has 0 fully saturated rings. The Bertz CT molecular complexity index is 84.2. The molecular weight excluding hydrogens is 88.1 g/mol. The average molecular weight is 97.1 g/mol. The molecule has 0 N–H and O–H groups in total. The standard InChI is InChI=1S/C6H9O/c1-7-6-4-2-3-5-6/h4H,1-3,5H2. The maximum Gasteiger partial charge on any atom is 0.122 e. The van der Waals surface area contributed by atoms with Crippen LogP contribution in [-0.4, -0.2) is 0 Å². The number of ether oxygens (including phenoxy) is 1. The summed E-state index contributed by atoms with van der Waals surface area (Å²) in [6.45, 7) is 0. The molecule has 0 saturated carbocycles. The lowest BCUT2D eigenvalue weighted by Gasteiger charge is -1.93. The van der Waals surface area contributed by atoms with Crippen LogP contribution in [0, 0.1) is 7.11 Å². The molecule has 0 aromatic heterocycles. The van der Waals surface area contributed by atoms with Gasteiger partial charge in [0.15, 0.2) is 0 Å². The van der Waals surface area contributed by atoms with Crippen LogP contribution in [0.1, 0.15) is 19.3 Å². The molecule has 0 saturated heterocycles. The van der Waals surface area contributed by atoms with Crippen LogP contribution in [-0.2, 0) is 4.74 Å². The van der Waals surface area contributed by atoms with Gasteiger partial charge in [-0.05, 0) is 18.9 Å². The summed E-state index contributed by atoms with van der Waals surface area (Å²) in [4.78, 5) is 0. The Morgan fingerprint density at radius 2 is 2.57 bits per heavy atom. The second-order valence-electron chi connectivity index (χ2n) is 1.71. The average Bonchev–Trinajstić information content (AvgIpc) is 2.14. The predicted octanol–water partition coefficient (Wildman–Crippen LogP) is 1.86. The van der Waals surface area contributed by atoms with E-state index in [4.69, 9.17) is 4.74 Å². The van der Waals surface area contributed by atoms with Crippen molar-refractivity contribution in [3.05, 3.63) is 18.9 Å². The highest BCUT2D eigenvalue weighted by atomic mass is 16.5. The second-order valence-corrected chi connectivity index (χ2v) is 1.71. The Hall–Kier alpha value is -0.460. The lowest BCUT2D eigenvalue weighted by atomic mass is 10.4. The van der Waals surface area contributed by atoms with Crippen LogP contribution in [0.15, 0.2) is 11.8 Å². The normalized spacial score (nSPS) is 19.3. The van der Waals surface area contributed by atoms with Crippen molar-refractivity contribution in [2.75, 3.05) is 0 Å². The molecule has 0 spiro atoms. The van der Waals surface area contributed by atoms with Gasteiger partial charge in [-0.15, -0.1) is 0 Å². The quantitative estimate of drug-likeness (QED) is 0.485. The van der Waals surface area contributed by atoms with Crippen LogP contribution in [0.3, 0.4) is 0 Å². The molecule has 1 heteroatoms. The number of rotatable bonds is 1. The minimum absolute atomic E-state index is 1.06. The van der Waals surface area contributed by atoms with Crippen LogP contribution in [0.25, 0.3) is 0 Å². The zero-order valence-corrected chi connectivity index (χ0v) is 4.31. The van der Waals surface area contributed by atoms with E-state index >= 15 is 0 Å². The number of allylic oxidation sites excluding steroid dienone is 2. The fourth-order valence-corrected chi connectivity index (χ4v) is 0.772. The summed E-state index contributed by atoms with van der Waals surface area (Å²) in [6, 6.07) is 0. The van der Waals surface area contributed by atoms with Crippen LogP contribution >= 0.6 is 0 Å². The van der Waals surface area contributed by atoms with E-state index in [2.05, 4.69) is 13.2 Å². The molecule has 1 aliphatic rings. The van der Waals surface area contributed by atoms with E-state index in [0.717, 1.165) is 12.2 Å². The number of hydrogen-bond acceptors (Lipinski definition) is 1. The van der Waals surface area contributed by atoms with Crippen LogP contribution in [0.4, 0.5) is 0 Å². The Morgan fingerprint density at radius 1 is 1.71 bits per heavy atom. The summed E-state index contributed by atoms with van der Waals surface area (Å²) in [6.07, 6.45) is 5.59. The highest BCUT2D eigenvalue weighted by Gasteiger charge is 2.01. The predicted molar refractivity (Wildman–Crippen MR) is 28.4 cm³/mol. The Balaban J connectivity index is 2.36. The lowest BCUT2D eigenvalue weighted by Crippen LogP contribution is -1.74. The first kappa shape index (κ1) is 4.69. The van der Waals surface area contributed by atoms with Gasteiger partial charge in [-0.2, -0.15) is 0 Å². The summed E-state index contributed by atoms with van der Waals surface area (Å²) in [5, 5.41) is 0. The molecule has 0 amide bonds. The molecule has 7 heavy (non-hydrogen) atoms. The van der Waals surface area contributed by atoms with Gasteiger partial charge in [0, 0.05) is 6.42 Å². The molecule has 39 valence electrons. The van der Waals surface area contributed by atoms with Crippen molar-refractivity contribution in [3.8, 4) is 0 Å².